The number of nitrogens with zero attached hydrogens (tertiary/aromatic N) is 1. The first kappa shape index (κ1) is 24.9. The standard InChI is InChI=1S/C26H36N2O5S/c1-24(2,3)14-8-9-15-17(12-14)34-20(19(15)22(31)33-7)27-18(29)13-28-21(30)16-10-11-26(6,23(28)32)25(16,4)5/h14,16H,8-13H2,1-7H3,(H,27,29). The van der Waals surface area contributed by atoms with E-state index in [9.17, 15) is 19.2 Å². The van der Waals surface area contributed by atoms with Crippen LogP contribution >= 0.6 is 11.3 Å². The summed E-state index contributed by atoms with van der Waals surface area (Å²) in [6.45, 7) is 12.2. The zero-order valence-electron chi connectivity index (χ0n) is 21.3. The minimum absolute atomic E-state index is 0.148. The normalized spacial score (nSPS) is 28.0. The summed E-state index contributed by atoms with van der Waals surface area (Å²) in [5, 5.41) is 3.29. The average molecular weight is 489 g/mol. The molecule has 1 N–H and O–H groups in total. The smallest absolute Gasteiger partial charge is 0.341 e. The zero-order valence-corrected chi connectivity index (χ0v) is 22.1. The lowest BCUT2D eigenvalue weighted by atomic mass is 9.62. The Morgan fingerprint density at radius 3 is 2.47 bits per heavy atom. The Kier molecular flexibility index (Phi) is 5.99. The predicted octanol–water partition coefficient (Wildman–Crippen LogP) is 4.44. The molecule has 2 aliphatic carbocycles. The van der Waals surface area contributed by atoms with Crippen molar-refractivity contribution in [3.63, 3.8) is 0 Å². The van der Waals surface area contributed by atoms with Crippen molar-refractivity contribution in [2.24, 2.45) is 28.1 Å². The lowest BCUT2D eigenvalue weighted by molar-refractivity contribution is -0.168. The molecule has 2 fully saturated rings. The van der Waals surface area contributed by atoms with E-state index in [1.807, 2.05) is 20.8 Å². The maximum absolute atomic E-state index is 13.3. The van der Waals surface area contributed by atoms with Gasteiger partial charge in [0, 0.05) is 10.8 Å². The minimum atomic E-state index is -0.660. The summed E-state index contributed by atoms with van der Waals surface area (Å²) in [6, 6.07) is 0. The molecule has 1 aromatic rings. The topological polar surface area (TPSA) is 92.8 Å². The van der Waals surface area contributed by atoms with Crippen LogP contribution in [0, 0.1) is 28.1 Å². The third kappa shape index (κ3) is 3.69. The molecule has 4 rings (SSSR count). The number of rotatable bonds is 4. The number of imide groups is 1. The minimum Gasteiger partial charge on any atom is -0.465 e. The summed E-state index contributed by atoms with van der Waals surface area (Å²) < 4.78 is 5.03. The molecule has 3 amide bonds. The van der Waals surface area contributed by atoms with Gasteiger partial charge in [-0.15, -0.1) is 11.3 Å². The molecular weight excluding hydrogens is 452 g/mol. The van der Waals surface area contributed by atoms with E-state index in [0.29, 0.717) is 29.3 Å². The largest absolute Gasteiger partial charge is 0.465 e. The Balaban J connectivity index is 1.57. The fraction of sp³-hybridized carbons (Fsp3) is 0.692. The van der Waals surface area contributed by atoms with Gasteiger partial charge in [-0.3, -0.25) is 19.3 Å². The fourth-order valence-electron chi connectivity index (χ4n) is 6.09. The molecule has 2 heterocycles. The van der Waals surface area contributed by atoms with Crippen LogP contribution in [0.1, 0.15) is 81.6 Å². The van der Waals surface area contributed by atoms with Gasteiger partial charge in [-0.05, 0) is 54.4 Å². The first-order chi connectivity index (χ1) is 15.7. The van der Waals surface area contributed by atoms with Crippen molar-refractivity contribution in [1.29, 1.82) is 0 Å². The average Bonchev–Trinajstić information content (AvgIpc) is 3.19. The first-order valence-electron chi connectivity index (χ1n) is 12.1. The number of nitrogens with one attached hydrogen (secondary N) is 1. The van der Waals surface area contributed by atoms with Crippen molar-refractivity contribution in [2.75, 3.05) is 19.0 Å². The number of hydrogen-bond acceptors (Lipinski definition) is 6. The molecule has 1 aromatic heterocycles. The summed E-state index contributed by atoms with van der Waals surface area (Å²) in [4.78, 5) is 54.3. The Morgan fingerprint density at radius 2 is 1.85 bits per heavy atom. The third-order valence-electron chi connectivity index (χ3n) is 8.94. The van der Waals surface area contributed by atoms with Crippen LogP contribution in [0.3, 0.4) is 0 Å². The van der Waals surface area contributed by atoms with E-state index in [1.165, 1.54) is 18.4 Å². The number of amides is 3. The fourth-order valence-corrected chi connectivity index (χ4v) is 7.42. The lowest BCUT2D eigenvalue weighted by Gasteiger charge is -2.47. The number of esters is 1. The van der Waals surface area contributed by atoms with E-state index < -0.39 is 22.7 Å². The summed E-state index contributed by atoms with van der Waals surface area (Å²) in [5.74, 6) is -1.28. The Morgan fingerprint density at radius 1 is 1.18 bits per heavy atom. The Bertz CT molecular complexity index is 1070. The number of carbonyl (C=O) groups is 4. The van der Waals surface area contributed by atoms with Gasteiger partial charge in [0.05, 0.1) is 18.1 Å². The molecular formula is C26H36N2O5S. The maximum Gasteiger partial charge on any atom is 0.341 e. The van der Waals surface area contributed by atoms with Crippen LogP contribution in [0.25, 0.3) is 0 Å². The van der Waals surface area contributed by atoms with E-state index >= 15 is 0 Å². The van der Waals surface area contributed by atoms with Crippen molar-refractivity contribution in [3.05, 3.63) is 16.0 Å². The van der Waals surface area contributed by atoms with E-state index in [0.717, 1.165) is 34.6 Å². The quantitative estimate of drug-likeness (QED) is 0.500. The SMILES string of the molecule is COC(=O)c1c(NC(=O)CN2C(=O)C3CCC(C)(C2=O)C3(C)C)sc2c1CCC(C(C)(C)C)C2. The number of fused-ring (bicyclic) bond motifs is 3. The second-order valence-corrected chi connectivity index (χ2v) is 13.0. The lowest BCUT2D eigenvalue weighted by Crippen LogP contribution is -2.60. The molecule has 0 aromatic carbocycles. The maximum atomic E-state index is 13.3. The van der Waals surface area contributed by atoms with E-state index in [2.05, 4.69) is 26.1 Å². The number of hydrogen-bond donors (Lipinski definition) is 1. The van der Waals surface area contributed by atoms with E-state index in [-0.39, 0.29) is 29.7 Å². The molecule has 3 aliphatic rings. The number of carbonyl (C=O) groups excluding carboxylic acids is 4. The highest BCUT2D eigenvalue weighted by molar-refractivity contribution is 7.17. The molecule has 8 heteroatoms. The summed E-state index contributed by atoms with van der Waals surface area (Å²) in [7, 11) is 1.34. The highest BCUT2D eigenvalue weighted by atomic mass is 32.1. The molecule has 3 unspecified atom stereocenters. The molecule has 3 atom stereocenters. The van der Waals surface area contributed by atoms with Crippen LogP contribution in [0.5, 0.6) is 0 Å². The number of likely N-dealkylation sites (tertiary alicyclic amines) is 1. The van der Waals surface area contributed by atoms with Crippen molar-refractivity contribution >= 4 is 40.0 Å². The van der Waals surface area contributed by atoms with Crippen LogP contribution in [0.15, 0.2) is 0 Å². The van der Waals surface area contributed by atoms with Gasteiger partial charge in [-0.25, -0.2) is 4.79 Å². The molecule has 0 spiro atoms. The Hall–Kier alpha value is -2.22. The van der Waals surface area contributed by atoms with E-state index in [1.54, 1.807) is 0 Å². The van der Waals surface area contributed by atoms with Gasteiger partial charge in [0.1, 0.15) is 11.5 Å². The summed E-state index contributed by atoms with van der Waals surface area (Å²) in [6.07, 6.45) is 3.88. The van der Waals surface area contributed by atoms with Gasteiger partial charge < -0.3 is 10.1 Å². The van der Waals surface area contributed by atoms with Gasteiger partial charge >= 0.3 is 5.97 Å². The van der Waals surface area contributed by atoms with Gasteiger partial charge in [-0.2, -0.15) is 0 Å². The summed E-state index contributed by atoms with van der Waals surface area (Å²) in [5.41, 5.74) is 0.419. The molecule has 1 saturated heterocycles. The van der Waals surface area contributed by atoms with Gasteiger partial charge in [0.25, 0.3) is 0 Å². The van der Waals surface area contributed by atoms with Crippen molar-refractivity contribution in [3.8, 4) is 0 Å². The van der Waals surface area contributed by atoms with Crippen LogP contribution in [-0.4, -0.2) is 42.2 Å². The third-order valence-corrected chi connectivity index (χ3v) is 10.1. The number of anilines is 1. The summed E-state index contributed by atoms with van der Waals surface area (Å²) >= 11 is 1.41. The Labute approximate surface area is 205 Å². The molecule has 186 valence electrons. The van der Waals surface area contributed by atoms with Crippen LogP contribution in [0.2, 0.25) is 0 Å². The first-order valence-corrected chi connectivity index (χ1v) is 12.9. The second kappa shape index (κ2) is 8.18. The molecule has 7 nitrogen and oxygen atoms in total. The van der Waals surface area contributed by atoms with Gasteiger partial charge in [0.15, 0.2) is 0 Å². The number of thiophene rings is 1. The molecule has 1 aliphatic heterocycles. The van der Waals surface area contributed by atoms with E-state index in [4.69, 9.17) is 4.74 Å². The number of piperidine rings is 1. The van der Waals surface area contributed by atoms with Gasteiger partial charge in [0.2, 0.25) is 17.7 Å². The number of methoxy groups -OCH3 is 1. The number of ether oxygens (including phenoxy) is 1. The van der Waals surface area contributed by atoms with Crippen LogP contribution in [-0.2, 0) is 32.0 Å². The van der Waals surface area contributed by atoms with Crippen molar-refractivity contribution in [1.82, 2.24) is 4.90 Å². The van der Waals surface area contributed by atoms with Crippen LogP contribution in [0.4, 0.5) is 5.00 Å². The van der Waals surface area contributed by atoms with Crippen LogP contribution < -0.4 is 5.32 Å². The van der Waals surface area contributed by atoms with Crippen molar-refractivity contribution in [2.45, 2.75) is 73.6 Å². The van der Waals surface area contributed by atoms with Crippen molar-refractivity contribution < 1.29 is 23.9 Å². The zero-order chi connectivity index (χ0) is 25.2. The highest BCUT2D eigenvalue weighted by Gasteiger charge is 2.64. The molecule has 1 saturated carbocycles. The predicted molar refractivity (Wildman–Crippen MR) is 131 cm³/mol. The molecule has 34 heavy (non-hydrogen) atoms. The second-order valence-electron chi connectivity index (χ2n) is 11.9. The molecule has 0 radical (unpaired) electrons. The highest BCUT2D eigenvalue weighted by Crippen LogP contribution is 2.60. The monoisotopic (exact) mass is 488 g/mol. The molecule has 2 bridgehead atoms. The van der Waals surface area contributed by atoms with Gasteiger partial charge in [-0.1, -0.05) is 41.5 Å².